The average molecular weight is 738 g/mol. The van der Waals surface area contributed by atoms with Gasteiger partial charge in [0, 0.05) is 86.8 Å². The summed E-state index contributed by atoms with van der Waals surface area (Å²) in [6, 6.07) is 10.7. The number of fused-ring (bicyclic) bond motifs is 1. The molecule has 7 nitrogen and oxygen atoms in total. The van der Waals surface area contributed by atoms with Crippen molar-refractivity contribution in [2.75, 3.05) is 55.6 Å². The smallest absolute Gasteiger partial charge is 0.0560 e. The zero-order valence-electron chi connectivity index (χ0n) is 35.4. The van der Waals surface area contributed by atoms with Gasteiger partial charge in [-0.1, -0.05) is 66.0 Å². The first kappa shape index (κ1) is 41.9. The van der Waals surface area contributed by atoms with Crippen molar-refractivity contribution in [2.45, 2.75) is 144 Å². The monoisotopic (exact) mass is 738 g/mol. The van der Waals surface area contributed by atoms with E-state index >= 15 is 0 Å². The third kappa shape index (κ3) is 11.2. The highest BCUT2D eigenvalue weighted by Crippen LogP contribution is 2.44. The van der Waals surface area contributed by atoms with Gasteiger partial charge in [0.2, 0.25) is 0 Å². The number of benzene rings is 1. The predicted molar refractivity (Wildman–Crippen MR) is 235 cm³/mol. The number of aromatic nitrogens is 2. The minimum absolute atomic E-state index is 0.157. The number of piperazine rings is 1. The van der Waals surface area contributed by atoms with Crippen molar-refractivity contribution < 1.29 is 0 Å². The second kappa shape index (κ2) is 20.0. The second-order valence-electron chi connectivity index (χ2n) is 17.5. The lowest BCUT2D eigenvalue weighted by Gasteiger charge is -2.36. The van der Waals surface area contributed by atoms with Crippen LogP contribution in [0.15, 0.2) is 55.4 Å². The minimum Gasteiger partial charge on any atom is -0.372 e. The quantitative estimate of drug-likeness (QED) is 0.0770. The molecule has 6 rings (SSSR count). The van der Waals surface area contributed by atoms with Crippen molar-refractivity contribution in [1.82, 2.24) is 25.3 Å². The third-order valence-electron chi connectivity index (χ3n) is 11.9. The maximum absolute atomic E-state index is 5.24. The number of rotatable bonds is 18. The fourth-order valence-electron chi connectivity index (χ4n) is 8.55. The van der Waals surface area contributed by atoms with Gasteiger partial charge in [0.05, 0.1) is 23.3 Å². The zero-order valence-corrected chi connectivity index (χ0v) is 35.4. The number of piperidine rings is 1. The van der Waals surface area contributed by atoms with Gasteiger partial charge in [-0.3, -0.25) is 9.88 Å². The Balaban J connectivity index is 0.000000493. The Morgan fingerprint density at radius 2 is 1.67 bits per heavy atom. The molecule has 2 N–H and O–H groups in total. The molecule has 3 aliphatic rings. The molecule has 54 heavy (non-hydrogen) atoms. The summed E-state index contributed by atoms with van der Waals surface area (Å²) in [6.45, 7) is 32.9. The Morgan fingerprint density at radius 1 is 0.944 bits per heavy atom. The summed E-state index contributed by atoms with van der Waals surface area (Å²) in [7, 11) is 0. The first-order chi connectivity index (χ1) is 26.1. The maximum Gasteiger partial charge on any atom is 0.0560 e. The molecule has 4 heterocycles. The van der Waals surface area contributed by atoms with Gasteiger partial charge in [-0.15, -0.1) is 6.58 Å². The van der Waals surface area contributed by atoms with Gasteiger partial charge in [-0.05, 0) is 113 Å². The van der Waals surface area contributed by atoms with Crippen molar-refractivity contribution in [3.63, 3.8) is 0 Å². The summed E-state index contributed by atoms with van der Waals surface area (Å²) in [5, 5.41) is 1.44. The van der Waals surface area contributed by atoms with E-state index in [0.29, 0.717) is 5.92 Å². The molecule has 1 aromatic carbocycles. The molecule has 1 aliphatic carbocycles. The predicted octanol–water partition coefficient (Wildman–Crippen LogP) is 10.9. The Kier molecular flexibility index (Phi) is 15.5. The Hall–Kier alpha value is -3.29. The van der Waals surface area contributed by atoms with Crippen LogP contribution in [0.3, 0.4) is 0 Å². The van der Waals surface area contributed by atoms with Gasteiger partial charge in [0.25, 0.3) is 0 Å². The summed E-state index contributed by atoms with van der Waals surface area (Å²) in [6.07, 6.45) is 19.0. The van der Waals surface area contributed by atoms with E-state index in [-0.39, 0.29) is 5.41 Å². The largest absolute Gasteiger partial charge is 0.372 e. The number of aryl methyl sites for hydroxylation is 1. The standard InChI is InChI=1S/C39H57N5.C8H18N2/c1-8-44-36-15-14-31(41-18-10-9-11-19-41)24-33(36)35(26-39(6,7)17-16-28(2)3)38(44)34-25-32(27-40-37(34)29(4)5)43-22-20-42(21-23-43)30-12-13-30;1-3-5-6-7-8-10-9-4-2/h14-15,24-25,27,29-30H,2,8-13,16-23,26H2,1,3-7H3;4,9-10H,2-3,5-8H2,1H3. The van der Waals surface area contributed by atoms with E-state index in [9.17, 15) is 0 Å². The van der Waals surface area contributed by atoms with Crippen molar-refractivity contribution >= 4 is 22.3 Å². The van der Waals surface area contributed by atoms with Gasteiger partial charge < -0.3 is 19.8 Å². The van der Waals surface area contributed by atoms with Crippen molar-refractivity contribution in [3.05, 3.63) is 66.7 Å². The molecule has 7 heteroatoms. The number of hydrazine groups is 1. The van der Waals surface area contributed by atoms with E-state index in [1.54, 1.807) is 6.20 Å². The first-order valence-corrected chi connectivity index (χ1v) is 21.7. The lowest BCUT2D eigenvalue weighted by molar-refractivity contribution is 0.248. The highest BCUT2D eigenvalue weighted by atomic mass is 15.3. The number of unbranched alkanes of at least 4 members (excludes halogenated alkanes) is 3. The number of nitrogens with one attached hydrogen (secondary N) is 2. The number of anilines is 2. The molecule has 1 saturated carbocycles. The Labute approximate surface area is 329 Å². The maximum atomic E-state index is 5.24. The molecule has 0 spiro atoms. The van der Waals surface area contributed by atoms with Crippen LogP contribution < -0.4 is 20.7 Å². The van der Waals surface area contributed by atoms with E-state index in [1.165, 1.54) is 134 Å². The van der Waals surface area contributed by atoms with E-state index < -0.39 is 0 Å². The highest BCUT2D eigenvalue weighted by Gasteiger charge is 2.32. The molecule has 2 aromatic heterocycles. The normalized spacial score (nSPS) is 16.8. The molecule has 0 amide bonds. The summed E-state index contributed by atoms with van der Waals surface area (Å²) < 4.78 is 2.61. The topological polar surface area (TPSA) is 51.6 Å². The van der Waals surface area contributed by atoms with Crippen molar-refractivity contribution in [1.29, 1.82) is 0 Å². The summed E-state index contributed by atoms with van der Waals surface area (Å²) in [5.41, 5.74) is 16.8. The number of pyridine rings is 1. The first-order valence-electron chi connectivity index (χ1n) is 21.7. The Morgan fingerprint density at radius 3 is 2.30 bits per heavy atom. The van der Waals surface area contributed by atoms with E-state index in [4.69, 9.17) is 4.98 Å². The molecule has 2 aliphatic heterocycles. The van der Waals surface area contributed by atoms with E-state index in [1.807, 2.05) is 0 Å². The number of allylic oxidation sites excluding steroid dienone is 1. The average Bonchev–Trinajstić information content (AvgIpc) is 3.99. The molecule has 0 atom stereocenters. The van der Waals surface area contributed by atoms with E-state index in [0.717, 1.165) is 51.5 Å². The summed E-state index contributed by atoms with van der Waals surface area (Å²) >= 11 is 0. The fourth-order valence-corrected chi connectivity index (χ4v) is 8.55. The highest BCUT2D eigenvalue weighted by molar-refractivity contribution is 5.95. The molecule has 0 bridgehead atoms. The molecule has 0 unspecified atom stereocenters. The van der Waals surface area contributed by atoms with Crippen LogP contribution >= 0.6 is 0 Å². The molecule has 298 valence electrons. The number of nitrogens with zero attached hydrogens (tertiary/aromatic N) is 5. The summed E-state index contributed by atoms with van der Waals surface area (Å²) in [4.78, 5) is 13.1. The third-order valence-corrected chi connectivity index (χ3v) is 11.9. The lowest BCUT2D eigenvalue weighted by atomic mass is 9.79. The minimum atomic E-state index is 0.157. The van der Waals surface area contributed by atoms with Crippen LogP contribution in [0.1, 0.15) is 136 Å². The molecular formula is C47H75N7. The van der Waals surface area contributed by atoms with E-state index in [2.05, 4.69) is 122 Å². The number of hydrogen-bond donors (Lipinski definition) is 2. The van der Waals surface area contributed by atoms with Crippen LogP contribution in [0.5, 0.6) is 0 Å². The fraction of sp³-hybridized carbons (Fsp3) is 0.638. The van der Waals surface area contributed by atoms with Gasteiger partial charge in [0.1, 0.15) is 0 Å². The Bertz CT molecular complexity index is 1630. The van der Waals surface area contributed by atoms with Gasteiger partial charge in [-0.25, -0.2) is 5.43 Å². The molecule has 3 fully saturated rings. The van der Waals surface area contributed by atoms with Crippen LogP contribution in [-0.2, 0) is 13.0 Å². The van der Waals surface area contributed by atoms with Gasteiger partial charge in [-0.2, -0.15) is 0 Å². The van der Waals surface area contributed by atoms with Gasteiger partial charge >= 0.3 is 0 Å². The second-order valence-corrected chi connectivity index (χ2v) is 17.5. The van der Waals surface area contributed by atoms with Crippen LogP contribution in [0.25, 0.3) is 22.2 Å². The van der Waals surface area contributed by atoms with Crippen molar-refractivity contribution in [2.24, 2.45) is 5.41 Å². The SMILES string of the molecule is C=C(C)CCC(C)(C)Cc1c(-c2cc(N3CCN(C4CC4)CC3)cnc2C(C)C)n(CC)c2ccc(N3CCCCC3)cc12.C=CNNCCCCCC. The lowest BCUT2D eigenvalue weighted by Crippen LogP contribution is -2.47. The van der Waals surface area contributed by atoms with Crippen LogP contribution in [0.4, 0.5) is 11.4 Å². The molecule has 0 radical (unpaired) electrons. The van der Waals surface area contributed by atoms with Gasteiger partial charge in [0.15, 0.2) is 0 Å². The zero-order chi connectivity index (χ0) is 38.7. The number of hydrogen-bond acceptors (Lipinski definition) is 6. The molecule has 3 aromatic rings. The summed E-state index contributed by atoms with van der Waals surface area (Å²) in [5.74, 6) is 0.349. The van der Waals surface area contributed by atoms with Crippen LogP contribution in [0, 0.1) is 5.41 Å². The molecule has 2 saturated heterocycles. The molecular weight excluding hydrogens is 663 g/mol. The van der Waals surface area contributed by atoms with Crippen LogP contribution in [0.2, 0.25) is 0 Å². The van der Waals surface area contributed by atoms with Crippen molar-refractivity contribution in [3.8, 4) is 11.3 Å². The van der Waals surface area contributed by atoms with Crippen LogP contribution in [-0.4, -0.2) is 66.3 Å².